The fraction of sp³-hybridized carbons (Fsp3) is 0.385. The van der Waals surface area contributed by atoms with Gasteiger partial charge in [0, 0.05) is 5.69 Å². The number of aromatic carboxylic acids is 1. The highest BCUT2D eigenvalue weighted by molar-refractivity contribution is 5.88. The van der Waals surface area contributed by atoms with Crippen LogP contribution in [0.5, 0.6) is 0 Å². The van der Waals surface area contributed by atoms with Crippen LogP contribution in [0.25, 0.3) is 0 Å². The number of nitrogens with one attached hydrogen (secondary N) is 1. The van der Waals surface area contributed by atoms with Crippen LogP contribution in [0.15, 0.2) is 24.3 Å². The molecule has 1 aromatic rings. The van der Waals surface area contributed by atoms with Gasteiger partial charge < -0.3 is 15.2 Å². The zero-order chi connectivity index (χ0) is 13.7. The average Bonchev–Trinajstić information content (AvgIpc) is 2.35. The Balaban J connectivity index is 2.81. The molecule has 0 aliphatic carbocycles. The maximum atomic E-state index is 11.6. The van der Waals surface area contributed by atoms with Crippen LogP contribution in [0.1, 0.15) is 24.2 Å². The molecule has 0 saturated carbocycles. The Kier molecular flexibility index (Phi) is 4.71. The van der Waals surface area contributed by atoms with Crippen molar-refractivity contribution in [2.45, 2.75) is 19.9 Å². The topological polar surface area (TPSA) is 75.6 Å². The number of carbonyl (C=O) groups is 2. The first-order valence-electron chi connectivity index (χ1n) is 5.63. The van der Waals surface area contributed by atoms with Crippen LogP contribution >= 0.6 is 0 Å². The molecule has 5 nitrogen and oxygen atoms in total. The summed E-state index contributed by atoms with van der Waals surface area (Å²) in [6.07, 6.45) is 0. The summed E-state index contributed by atoms with van der Waals surface area (Å²) < 4.78 is 4.71. The van der Waals surface area contributed by atoms with Crippen molar-refractivity contribution < 1.29 is 19.4 Å². The van der Waals surface area contributed by atoms with E-state index in [-0.39, 0.29) is 17.5 Å². The second-order valence-corrected chi connectivity index (χ2v) is 4.27. The molecule has 0 amide bonds. The van der Waals surface area contributed by atoms with Crippen LogP contribution in [0.2, 0.25) is 0 Å². The summed E-state index contributed by atoms with van der Waals surface area (Å²) in [5.74, 6) is -1.25. The lowest BCUT2D eigenvalue weighted by atomic mass is 10.0. The molecule has 0 saturated heterocycles. The summed E-state index contributed by atoms with van der Waals surface area (Å²) in [6, 6.07) is 5.77. The highest BCUT2D eigenvalue weighted by Gasteiger charge is 2.22. The van der Waals surface area contributed by atoms with Gasteiger partial charge in [-0.3, -0.25) is 0 Å². The van der Waals surface area contributed by atoms with E-state index < -0.39 is 12.0 Å². The van der Waals surface area contributed by atoms with Crippen LogP contribution in [-0.4, -0.2) is 30.2 Å². The van der Waals surface area contributed by atoms with E-state index in [0.29, 0.717) is 5.69 Å². The normalized spacial score (nSPS) is 12.0. The van der Waals surface area contributed by atoms with Crippen LogP contribution in [-0.2, 0) is 9.53 Å². The number of ether oxygens (including phenoxy) is 1. The van der Waals surface area contributed by atoms with Gasteiger partial charge in [0.25, 0.3) is 0 Å². The molecule has 0 heterocycles. The lowest BCUT2D eigenvalue weighted by Crippen LogP contribution is -2.35. The number of hydrogen-bond donors (Lipinski definition) is 2. The molecule has 5 heteroatoms. The third-order valence-corrected chi connectivity index (χ3v) is 2.58. The fourth-order valence-corrected chi connectivity index (χ4v) is 1.51. The molecule has 0 aliphatic rings. The molecule has 2 N–H and O–H groups in total. The summed E-state index contributed by atoms with van der Waals surface area (Å²) in [5, 5.41) is 11.8. The molecular formula is C13H17NO4. The summed E-state index contributed by atoms with van der Waals surface area (Å²) in [5.41, 5.74) is 0.892. The molecule has 1 aromatic carbocycles. The maximum absolute atomic E-state index is 11.6. The standard InChI is InChI=1S/C13H17NO4/c1-8(2)11(13(17)18-3)14-10-6-4-9(5-7-10)12(15)16/h4-8,11,14H,1-3H3,(H,15,16). The van der Waals surface area contributed by atoms with Gasteiger partial charge in [0.2, 0.25) is 0 Å². The van der Waals surface area contributed by atoms with Crippen LogP contribution in [0, 0.1) is 5.92 Å². The van der Waals surface area contributed by atoms with Crippen molar-refractivity contribution in [3.05, 3.63) is 29.8 Å². The zero-order valence-electron chi connectivity index (χ0n) is 10.6. The lowest BCUT2D eigenvalue weighted by molar-refractivity contribution is -0.142. The summed E-state index contributed by atoms with van der Waals surface area (Å²) in [7, 11) is 1.34. The van der Waals surface area contributed by atoms with Gasteiger partial charge in [-0.25, -0.2) is 9.59 Å². The number of carboxylic acids is 1. The Hall–Kier alpha value is -2.04. The minimum absolute atomic E-state index is 0.0663. The molecule has 0 aromatic heterocycles. The van der Waals surface area contributed by atoms with E-state index in [1.807, 2.05) is 13.8 Å². The quantitative estimate of drug-likeness (QED) is 0.783. The SMILES string of the molecule is COC(=O)C(Nc1ccc(C(=O)O)cc1)C(C)C. The van der Waals surface area contributed by atoms with Gasteiger partial charge in [-0.1, -0.05) is 13.8 Å². The molecule has 0 aliphatic heterocycles. The van der Waals surface area contributed by atoms with E-state index >= 15 is 0 Å². The number of hydrogen-bond acceptors (Lipinski definition) is 4. The van der Waals surface area contributed by atoms with Gasteiger partial charge in [-0.2, -0.15) is 0 Å². The predicted molar refractivity (Wildman–Crippen MR) is 67.7 cm³/mol. The smallest absolute Gasteiger partial charge is 0.335 e. The fourth-order valence-electron chi connectivity index (χ4n) is 1.51. The van der Waals surface area contributed by atoms with Gasteiger partial charge in [-0.15, -0.1) is 0 Å². The van der Waals surface area contributed by atoms with Crippen LogP contribution in [0.3, 0.4) is 0 Å². The number of benzene rings is 1. The number of esters is 1. The second kappa shape index (κ2) is 6.05. The minimum atomic E-state index is -0.977. The van der Waals surface area contributed by atoms with E-state index in [9.17, 15) is 9.59 Å². The number of carboxylic acid groups (broad SMARTS) is 1. The lowest BCUT2D eigenvalue weighted by Gasteiger charge is -2.20. The molecule has 0 spiro atoms. The molecule has 0 fully saturated rings. The summed E-state index contributed by atoms with van der Waals surface area (Å²) >= 11 is 0. The Morgan fingerprint density at radius 2 is 1.78 bits per heavy atom. The Labute approximate surface area is 106 Å². The van der Waals surface area contributed by atoms with E-state index in [1.165, 1.54) is 19.2 Å². The van der Waals surface area contributed by atoms with E-state index in [4.69, 9.17) is 9.84 Å². The van der Waals surface area contributed by atoms with Crippen LogP contribution < -0.4 is 5.32 Å². The first-order valence-corrected chi connectivity index (χ1v) is 5.63. The number of carbonyl (C=O) groups excluding carboxylic acids is 1. The van der Waals surface area contributed by atoms with Crippen molar-refractivity contribution >= 4 is 17.6 Å². The van der Waals surface area contributed by atoms with E-state index in [1.54, 1.807) is 12.1 Å². The van der Waals surface area contributed by atoms with Crippen LogP contribution in [0.4, 0.5) is 5.69 Å². The van der Waals surface area contributed by atoms with Gasteiger partial charge in [-0.05, 0) is 30.2 Å². The van der Waals surface area contributed by atoms with Crippen molar-refractivity contribution in [3.63, 3.8) is 0 Å². The van der Waals surface area contributed by atoms with Crippen molar-refractivity contribution in [3.8, 4) is 0 Å². The van der Waals surface area contributed by atoms with E-state index in [2.05, 4.69) is 5.32 Å². The molecular weight excluding hydrogens is 234 g/mol. The van der Waals surface area contributed by atoms with E-state index in [0.717, 1.165) is 0 Å². The van der Waals surface area contributed by atoms with Gasteiger partial charge in [0.05, 0.1) is 12.7 Å². The monoisotopic (exact) mass is 251 g/mol. The van der Waals surface area contributed by atoms with Crippen molar-refractivity contribution in [2.24, 2.45) is 5.92 Å². The van der Waals surface area contributed by atoms with Gasteiger partial charge >= 0.3 is 11.9 Å². The highest BCUT2D eigenvalue weighted by Crippen LogP contribution is 2.15. The average molecular weight is 251 g/mol. The molecule has 0 bridgehead atoms. The predicted octanol–water partition coefficient (Wildman–Crippen LogP) is 1.99. The third kappa shape index (κ3) is 3.48. The first-order chi connectivity index (χ1) is 8.45. The third-order valence-electron chi connectivity index (χ3n) is 2.58. The van der Waals surface area contributed by atoms with Gasteiger partial charge in [0.1, 0.15) is 6.04 Å². The summed E-state index contributed by atoms with van der Waals surface area (Å²) in [6.45, 7) is 3.81. The highest BCUT2D eigenvalue weighted by atomic mass is 16.5. The Morgan fingerprint density at radius 1 is 1.22 bits per heavy atom. The number of methoxy groups -OCH3 is 1. The summed E-state index contributed by atoms with van der Waals surface area (Å²) in [4.78, 5) is 22.3. The molecule has 0 radical (unpaired) electrons. The molecule has 98 valence electrons. The number of rotatable bonds is 5. The molecule has 1 rings (SSSR count). The second-order valence-electron chi connectivity index (χ2n) is 4.27. The molecule has 1 unspecified atom stereocenters. The van der Waals surface area contributed by atoms with Gasteiger partial charge in [0.15, 0.2) is 0 Å². The van der Waals surface area contributed by atoms with Crippen molar-refractivity contribution in [2.75, 3.05) is 12.4 Å². The number of anilines is 1. The minimum Gasteiger partial charge on any atom is -0.478 e. The van der Waals surface area contributed by atoms with Crippen molar-refractivity contribution in [1.29, 1.82) is 0 Å². The molecule has 18 heavy (non-hydrogen) atoms. The largest absolute Gasteiger partial charge is 0.478 e. The molecule has 1 atom stereocenters. The zero-order valence-corrected chi connectivity index (χ0v) is 10.6. The Bertz CT molecular complexity index is 425. The maximum Gasteiger partial charge on any atom is 0.335 e. The first kappa shape index (κ1) is 14.0. The van der Waals surface area contributed by atoms with Crippen molar-refractivity contribution in [1.82, 2.24) is 0 Å². The Morgan fingerprint density at radius 3 is 2.17 bits per heavy atom.